The van der Waals surface area contributed by atoms with Crippen LogP contribution >= 0.6 is 0 Å². The Labute approximate surface area is 171 Å². The summed E-state index contributed by atoms with van der Waals surface area (Å²) in [5, 5.41) is 2.91. The second-order valence-corrected chi connectivity index (χ2v) is 7.60. The second kappa shape index (κ2) is 7.95. The number of carbonyl (C=O) groups is 1. The fourth-order valence-corrected chi connectivity index (χ4v) is 3.74. The number of rotatable bonds is 5. The van der Waals surface area contributed by atoms with E-state index in [2.05, 4.69) is 40.3 Å². The molecule has 5 nitrogen and oxygen atoms in total. The average Bonchev–Trinajstić information content (AvgIpc) is 3.05. The van der Waals surface area contributed by atoms with Crippen molar-refractivity contribution in [2.45, 2.75) is 39.3 Å². The van der Waals surface area contributed by atoms with E-state index in [-0.39, 0.29) is 12.0 Å². The molecule has 2 aromatic carbocycles. The number of carbonyl (C=O) groups excluding carboxylic acids is 1. The number of fused-ring (bicyclic) bond motifs is 1. The minimum Gasteiger partial charge on any atom is -0.491 e. The summed E-state index contributed by atoms with van der Waals surface area (Å²) in [5.41, 5.74) is 4.59. The van der Waals surface area contributed by atoms with E-state index in [0.29, 0.717) is 17.4 Å². The first kappa shape index (κ1) is 19.0. The summed E-state index contributed by atoms with van der Waals surface area (Å²) >= 11 is 0. The standard InChI is InChI=1S/C24H25N3O2/c1-16(2)29-21-10-8-19(9-11-21)26-24(28)22-15-20(12-13-25-22)27-17(3)14-18-6-4-5-7-23(18)27/h4-13,15-17H,14H2,1-3H3,(H,26,28). The van der Waals surface area contributed by atoms with Gasteiger partial charge in [0.25, 0.3) is 5.91 Å². The van der Waals surface area contributed by atoms with Crippen LogP contribution in [0.15, 0.2) is 66.9 Å². The molecule has 4 rings (SSSR count). The van der Waals surface area contributed by atoms with Gasteiger partial charge in [0.2, 0.25) is 0 Å². The summed E-state index contributed by atoms with van der Waals surface area (Å²) in [7, 11) is 0. The Hall–Kier alpha value is -3.34. The van der Waals surface area contributed by atoms with Crippen molar-refractivity contribution in [1.82, 2.24) is 4.98 Å². The number of para-hydroxylation sites is 1. The van der Waals surface area contributed by atoms with Gasteiger partial charge in [0.1, 0.15) is 11.4 Å². The number of hydrogen-bond donors (Lipinski definition) is 1. The molecule has 1 atom stereocenters. The SMILES string of the molecule is CC(C)Oc1ccc(NC(=O)c2cc(N3c4ccccc4CC3C)ccn2)cc1. The molecule has 1 aliphatic rings. The van der Waals surface area contributed by atoms with Gasteiger partial charge in [0, 0.05) is 29.3 Å². The predicted octanol–water partition coefficient (Wildman–Crippen LogP) is 5.20. The average molecular weight is 387 g/mol. The van der Waals surface area contributed by atoms with Gasteiger partial charge in [-0.15, -0.1) is 0 Å². The van der Waals surface area contributed by atoms with Crippen LogP contribution in [-0.2, 0) is 6.42 Å². The van der Waals surface area contributed by atoms with Crippen LogP contribution in [0.2, 0.25) is 0 Å². The van der Waals surface area contributed by atoms with Crippen LogP contribution in [-0.4, -0.2) is 23.0 Å². The van der Waals surface area contributed by atoms with Crippen LogP contribution in [0, 0.1) is 0 Å². The molecule has 1 N–H and O–H groups in total. The van der Waals surface area contributed by atoms with E-state index in [9.17, 15) is 4.79 Å². The molecule has 2 heterocycles. The monoisotopic (exact) mass is 387 g/mol. The van der Waals surface area contributed by atoms with E-state index < -0.39 is 0 Å². The molecule has 0 fully saturated rings. The van der Waals surface area contributed by atoms with E-state index in [4.69, 9.17) is 4.74 Å². The molecule has 1 unspecified atom stereocenters. The smallest absolute Gasteiger partial charge is 0.274 e. The van der Waals surface area contributed by atoms with E-state index in [1.54, 1.807) is 6.20 Å². The van der Waals surface area contributed by atoms with Gasteiger partial charge in [-0.1, -0.05) is 18.2 Å². The Balaban J connectivity index is 1.52. The van der Waals surface area contributed by atoms with Crippen molar-refractivity contribution in [3.05, 3.63) is 78.1 Å². The summed E-state index contributed by atoms with van der Waals surface area (Å²) in [6, 6.07) is 19.9. The van der Waals surface area contributed by atoms with Crippen molar-refractivity contribution in [3.8, 4) is 5.75 Å². The van der Waals surface area contributed by atoms with Crippen LogP contribution in [0.3, 0.4) is 0 Å². The molecule has 1 aromatic heterocycles. The van der Waals surface area contributed by atoms with Gasteiger partial charge in [0.15, 0.2) is 0 Å². The third-order valence-electron chi connectivity index (χ3n) is 4.95. The van der Waals surface area contributed by atoms with Crippen molar-refractivity contribution in [2.75, 3.05) is 10.2 Å². The number of amides is 1. The summed E-state index contributed by atoms with van der Waals surface area (Å²) < 4.78 is 5.64. The van der Waals surface area contributed by atoms with E-state index in [1.165, 1.54) is 11.3 Å². The molecule has 0 spiro atoms. The normalized spacial score (nSPS) is 15.3. The number of ether oxygens (including phenoxy) is 1. The molecule has 29 heavy (non-hydrogen) atoms. The zero-order valence-corrected chi connectivity index (χ0v) is 16.9. The Morgan fingerprint density at radius 3 is 2.66 bits per heavy atom. The summed E-state index contributed by atoms with van der Waals surface area (Å²) in [4.78, 5) is 19.3. The first-order valence-corrected chi connectivity index (χ1v) is 9.92. The number of aromatic nitrogens is 1. The molecule has 148 valence electrons. The maximum atomic E-state index is 12.7. The quantitative estimate of drug-likeness (QED) is 0.653. The van der Waals surface area contributed by atoms with Crippen molar-refractivity contribution in [3.63, 3.8) is 0 Å². The van der Waals surface area contributed by atoms with Gasteiger partial charge in [-0.2, -0.15) is 0 Å². The third-order valence-corrected chi connectivity index (χ3v) is 4.95. The van der Waals surface area contributed by atoms with Gasteiger partial charge in [0.05, 0.1) is 6.10 Å². The highest BCUT2D eigenvalue weighted by Crippen LogP contribution is 2.38. The number of anilines is 3. The zero-order valence-electron chi connectivity index (χ0n) is 16.9. The minimum absolute atomic E-state index is 0.112. The van der Waals surface area contributed by atoms with Crippen molar-refractivity contribution in [2.24, 2.45) is 0 Å². The first-order valence-electron chi connectivity index (χ1n) is 9.92. The Bertz CT molecular complexity index is 1010. The Morgan fingerprint density at radius 1 is 1.14 bits per heavy atom. The largest absolute Gasteiger partial charge is 0.491 e. The summed E-state index contributed by atoms with van der Waals surface area (Å²) in [6.07, 6.45) is 2.79. The summed E-state index contributed by atoms with van der Waals surface area (Å²) in [6.45, 7) is 6.16. The maximum absolute atomic E-state index is 12.7. The number of nitrogens with one attached hydrogen (secondary N) is 1. The van der Waals surface area contributed by atoms with Gasteiger partial charge >= 0.3 is 0 Å². The molecule has 0 radical (unpaired) electrons. The lowest BCUT2D eigenvalue weighted by Gasteiger charge is -2.25. The van der Waals surface area contributed by atoms with Crippen LogP contribution in [0.25, 0.3) is 0 Å². The van der Waals surface area contributed by atoms with Gasteiger partial charge in [-0.05, 0) is 75.2 Å². The van der Waals surface area contributed by atoms with Crippen LogP contribution in [0.4, 0.5) is 17.1 Å². The number of nitrogens with zero attached hydrogens (tertiary/aromatic N) is 2. The molecular formula is C24H25N3O2. The number of pyridine rings is 1. The van der Waals surface area contributed by atoms with Crippen molar-refractivity contribution < 1.29 is 9.53 Å². The van der Waals surface area contributed by atoms with Crippen molar-refractivity contribution >= 4 is 23.0 Å². The lowest BCUT2D eigenvalue weighted by atomic mass is 10.1. The zero-order chi connectivity index (χ0) is 20.4. The predicted molar refractivity (Wildman–Crippen MR) is 116 cm³/mol. The number of benzene rings is 2. The molecule has 0 saturated carbocycles. The highest BCUT2D eigenvalue weighted by atomic mass is 16.5. The highest BCUT2D eigenvalue weighted by Gasteiger charge is 2.27. The second-order valence-electron chi connectivity index (χ2n) is 7.60. The van der Waals surface area contributed by atoms with Crippen LogP contribution in [0.1, 0.15) is 36.8 Å². The first-order chi connectivity index (χ1) is 14.0. The Kier molecular flexibility index (Phi) is 5.21. The third kappa shape index (κ3) is 4.09. The fraction of sp³-hybridized carbons (Fsp3) is 0.250. The molecular weight excluding hydrogens is 362 g/mol. The van der Waals surface area contributed by atoms with E-state index in [0.717, 1.165) is 17.9 Å². The van der Waals surface area contributed by atoms with Gasteiger partial charge in [-0.3, -0.25) is 9.78 Å². The van der Waals surface area contributed by atoms with Gasteiger partial charge in [-0.25, -0.2) is 0 Å². The molecule has 1 aliphatic heterocycles. The topological polar surface area (TPSA) is 54.5 Å². The highest BCUT2D eigenvalue weighted by molar-refractivity contribution is 6.03. The van der Waals surface area contributed by atoms with Crippen molar-refractivity contribution in [1.29, 1.82) is 0 Å². The van der Waals surface area contributed by atoms with Crippen LogP contribution < -0.4 is 15.0 Å². The molecule has 5 heteroatoms. The van der Waals surface area contributed by atoms with Crippen LogP contribution in [0.5, 0.6) is 5.75 Å². The number of hydrogen-bond acceptors (Lipinski definition) is 4. The maximum Gasteiger partial charge on any atom is 0.274 e. The van der Waals surface area contributed by atoms with E-state index in [1.807, 2.05) is 56.3 Å². The fourth-order valence-electron chi connectivity index (χ4n) is 3.74. The molecule has 0 bridgehead atoms. The lowest BCUT2D eigenvalue weighted by molar-refractivity contribution is 0.102. The summed E-state index contributed by atoms with van der Waals surface area (Å²) in [5.74, 6) is 0.546. The molecule has 1 amide bonds. The molecule has 0 aliphatic carbocycles. The molecule has 3 aromatic rings. The van der Waals surface area contributed by atoms with E-state index >= 15 is 0 Å². The molecule has 0 saturated heterocycles. The lowest BCUT2D eigenvalue weighted by Crippen LogP contribution is -2.24. The minimum atomic E-state index is -0.232. The van der Waals surface area contributed by atoms with Gasteiger partial charge < -0.3 is 15.0 Å². The Morgan fingerprint density at radius 2 is 1.90 bits per heavy atom.